The van der Waals surface area contributed by atoms with Gasteiger partial charge in [0.1, 0.15) is 11.9 Å². The molecule has 2 atom stereocenters. The molecule has 0 bridgehead atoms. The Morgan fingerprint density at radius 2 is 2.17 bits per heavy atom. The van der Waals surface area contributed by atoms with Crippen molar-refractivity contribution in [1.29, 1.82) is 0 Å². The first-order valence-corrected chi connectivity index (χ1v) is 5.42. The van der Waals surface area contributed by atoms with Crippen molar-refractivity contribution in [3.8, 4) is 0 Å². The van der Waals surface area contributed by atoms with Crippen molar-refractivity contribution in [2.24, 2.45) is 0 Å². The van der Waals surface area contributed by atoms with Crippen molar-refractivity contribution >= 4 is 5.69 Å². The molecule has 0 spiro atoms. The SMILES string of the molecule is CNCCC(O)C(O)c1cc([N+](=O)[O-])ccc1F. The Balaban J connectivity index is 2.93. The highest BCUT2D eigenvalue weighted by Gasteiger charge is 2.23. The largest absolute Gasteiger partial charge is 0.390 e. The molecule has 1 rings (SSSR count). The van der Waals surface area contributed by atoms with Crippen LogP contribution in [0.2, 0.25) is 0 Å². The standard InChI is InChI=1S/C11H15FN2O4/c1-13-5-4-10(15)11(16)8-6-7(14(17)18)2-3-9(8)12/h2-3,6,10-11,13,15-16H,4-5H2,1H3. The first kappa shape index (κ1) is 14.5. The van der Waals surface area contributed by atoms with Gasteiger partial charge in [-0.1, -0.05) is 0 Å². The lowest BCUT2D eigenvalue weighted by Gasteiger charge is -2.18. The monoisotopic (exact) mass is 258 g/mol. The Labute approximate surface area is 103 Å². The average Bonchev–Trinajstić information content (AvgIpc) is 2.35. The highest BCUT2D eigenvalue weighted by atomic mass is 19.1. The fourth-order valence-corrected chi connectivity index (χ4v) is 1.53. The topological polar surface area (TPSA) is 95.6 Å². The zero-order valence-electron chi connectivity index (χ0n) is 9.84. The van der Waals surface area contributed by atoms with Gasteiger partial charge in [0.25, 0.3) is 5.69 Å². The van der Waals surface area contributed by atoms with Crippen LogP contribution >= 0.6 is 0 Å². The molecule has 0 saturated carbocycles. The molecule has 0 fully saturated rings. The van der Waals surface area contributed by atoms with Crippen LogP contribution in [0.1, 0.15) is 18.1 Å². The summed E-state index contributed by atoms with van der Waals surface area (Å²) in [5.74, 6) is -0.781. The van der Waals surface area contributed by atoms with E-state index in [-0.39, 0.29) is 17.7 Å². The van der Waals surface area contributed by atoms with E-state index in [0.717, 1.165) is 18.2 Å². The van der Waals surface area contributed by atoms with E-state index in [1.807, 2.05) is 0 Å². The summed E-state index contributed by atoms with van der Waals surface area (Å²) < 4.78 is 13.5. The second kappa shape index (κ2) is 6.39. The van der Waals surface area contributed by atoms with Gasteiger partial charge in [-0.3, -0.25) is 10.1 Å². The zero-order chi connectivity index (χ0) is 13.7. The number of nitro benzene ring substituents is 1. The lowest BCUT2D eigenvalue weighted by molar-refractivity contribution is -0.385. The maximum Gasteiger partial charge on any atom is 0.270 e. The first-order valence-electron chi connectivity index (χ1n) is 5.42. The molecule has 18 heavy (non-hydrogen) atoms. The highest BCUT2D eigenvalue weighted by molar-refractivity contribution is 5.36. The van der Waals surface area contributed by atoms with Crippen LogP contribution in [0, 0.1) is 15.9 Å². The Bertz CT molecular complexity index is 428. The third-order valence-corrected chi connectivity index (χ3v) is 2.56. The van der Waals surface area contributed by atoms with Gasteiger partial charge >= 0.3 is 0 Å². The van der Waals surface area contributed by atoms with Crippen LogP contribution < -0.4 is 5.32 Å². The summed E-state index contributed by atoms with van der Waals surface area (Å²) in [6.07, 6.45) is -2.47. The summed E-state index contributed by atoms with van der Waals surface area (Å²) in [5, 5.41) is 32.7. The quantitative estimate of drug-likeness (QED) is 0.516. The lowest BCUT2D eigenvalue weighted by Crippen LogP contribution is -2.24. The molecule has 1 aromatic carbocycles. The highest BCUT2D eigenvalue weighted by Crippen LogP contribution is 2.25. The average molecular weight is 258 g/mol. The number of nitrogens with zero attached hydrogens (tertiary/aromatic N) is 1. The molecule has 0 radical (unpaired) electrons. The molecule has 0 amide bonds. The summed E-state index contributed by atoms with van der Waals surface area (Å²) in [6.45, 7) is 0.439. The van der Waals surface area contributed by atoms with Gasteiger partial charge in [-0.25, -0.2) is 4.39 Å². The third kappa shape index (κ3) is 3.46. The fourth-order valence-electron chi connectivity index (χ4n) is 1.53. The van der Waals surface area contributed by atoms with Crippen molar-refractivity contribution in [2.45, 2.75) is 18.6 Å². The smallest absolute Gasteiger partial charge is 0.270 e. The number of rotatable bonds is 6. The van der Waals surface area contributed by atoms with Gasteiger partial charge in [0, 0.05) is 17.7 Å². The van der Waals surface area contributed by atoms with Gasteiger partial charge < -0.3 is 15.5 Å². The van der Waals surface area contributed by atoms with Crippen LogP contribution in [0.4, 0.5) is 10.1 Å². The fraction of sp³-hybridized carbons (Fsp3) is 0.455. The first-order chi connectivity index (χ1) is 8.47. The molecule has 0 aliphatic heterocycles. The van der Waals surface area contributed by atoms with Crippen LogP contribution in [0.3, 0.4) is 0 Å². The second-order valence-electron chi connectivity index (χ2n) is 3.87. The van der Waals surface area contributed by atoms with E-state index < -0.39 is 22.9 Å². The van der Waals surface area contributed by atoms with Gasteiger partial charge in [0.2, 0.25) is 0 Å². The number of hydrogen-bond acceptors (Lipinski definition) is 5. The minimum absolute atomic E-state index is 0.208. The molecule has 7 heteroatoms. The molecule has 0 saturated heterocycles. The summed E-state index contributed by atoms with van der Waals surface area (Å²) in [5.41, 5.74) is -0.598. The van der Waals surface area contributed by atoms with Crippen LogP contribution in [0.5, 0.6) is 0 Å². The number of halogens is 1. The summed E-state index contributed by atoms with van der Waals surface area (Å²) >= 11 is 0. The minimum atomic E-state index is -1.49. The van der Waals surface area contributed by atoms with Crippen LogP contribution in [0.25, 0.3) is 0 Å². The Morgan fingerprint density at radius 3 is 2.72 bits per heavy atom. The van der Waals surface area contributed by atoms with Crippen LogP contribution in [-0.4, -0.2) is 34.8 Å². The number of aliphatic hydroxyl groups excluding tert-OH is 2. The Hall–Kier alpha value is -1.57. The molecule has 2 unspecified atom stereocenters. The van der Waals surface area contributed by atoms with E-state index in [1.165, 1.54) is 0 Å². The number of hydrogen-bond donors (Lipinski definition) is 3. The van der Waals surface area contributed by atoms with Crippen molar-refractivity contribution in [1.82, 2.24) is 5.32 Å². The van der Waals surface area contributed by atoms with E-state index >= 15 is 0 Å². The molecular formula is C11H15FN2O4. The molecular weight excluding hydrogens is 243 g/mol. The van der Waals surface area contributed by atoms with Gasteiger partial charge in [-0.2, -0.15) is 0 Å². The maximum atomic E-state index is 13.5. The molecule has 1 aromatic rings. The molecule has 0 aliphatic rings. The van der Waals surface area contributed by atoms with Crippen LogP contribution in [0.15, 0.2) is 18.2 Å². The Morgan fingerprint density at radius 1 is 1.50 bits per heavy atom. The summed E-state index contributed by atoms with van der Waals surface area (Å²) in [6, 6.07) is 2.84. The normalized spacial score (nSPS) is 14.2. The molecule has 3 N–H and O–H groups in total. The van der Waals surface area contributed by atoms with Crippen molar-refractivity contribution in [3.05, 3.63) is 39.7 Å². The number of non-ortho nitro benzene ring substituents is 1. The van der Waals surface area contributed by atoms with E-state index in [0.29, 0.717) is 6.54 Å². The third-order valence-electron chi connectivity index (χ3n) is 2.56. The molecule has 100 valence electrons. The summed E-state index contributed by atoms with van der Waals surface area (Å²) in [7, 11) is 1.67. The number of nitro groups is 1. The number of nitrogens with one attached hydrogen (secondary N) is 1. The molecule has 0 heterocycles. The van der Waals surface area contributed by atoms with E-state index in [1.54, 1.807) is 7.05 Å². The van der Waals surface area contributed by atoms with Crippen molar-refractivity contribution in [3.63, 3.8) is 0 Å². The summed E-state index contributed by atoms with van der Waals surface area (Å²) in [4.78, 5) is 9.87. The minimum Gasteiger partial charge on any atom is -0.390 e. The molecule has 0 aliphatic carbocycles. The second-order valence-corrected chi connectivity index (χ2v) is 3.87. The molecule has 0 aromatic heterocycles. The van der Waals surface area contributed by atoms with E-state index in [4.69, 9.17) is 0 Å². The van der Waals surface area contributed by atoms with Gasteiger partial charge in [-0.05, 0) is 26.1 Å². The number of benzene rings is 1. The van der Waals surface area contributed by atoms with Crippen molar-refractivity contribution < 1.29 is 19.5 Å². The van der Waals surface area contributed by atoms with Crippen molar-refractivity contribution in [2.75, 3.05) is 13.6 Å². The van der Waals surface area contributed by atoms with E-state index in [9.17, 15) is 24.7 Å². The predicted molar refractivity (Wildman–Crippen MR) is 62.6 cm³/mol. The Kier molecular flexibility index (Phi) is 5.14. The maximum absolute atomic E-state index is 13.5. The van der Waals surface area contributed by atoms with E-state index in [2.05, 4.69) is 5.32 Å². The zero-order valence-corrected chi connectivity index (χ0v) is 9.84. The van der Waals surface area contributed by atoms with Gasteiger partial charge in [0.15, 0.2) is 0 Å². The molecule has 6 nitrogen and oxygen atoms in total. The predicted octanol–water partition coefficient (Wildman–Crippen LogP) is 0.738. The van der Waals surface area contributed by atoms with Gasteiger partial charge in [0.05, 0.1) is 11.0 Å². The van der Waals surface area contributed by atoms with Gasteiger partial charge in [-0.15, -0.1) is 0 Å². The lowest BCUT2D eigenvalue weighted by atomic mass is 10.0. The number of aliphatic hydroxyl groups is 2. The van der Waals surface area contributed by atoms with Crippen LogP contribution in [-0.2, 0) is 0 Å².